The average molecular weight is 437 g/mol. The summed E-state index contributed by atoms with van der Waals surface area (Å²) in [6.07, 6.45) is 16.5. The number of hydrogen-bond acceptors (Lipinski definition) is 6. The Hall–Kier alpha value is -0.950. The van der Waals surface area contributed by atoms with Crippen LogP contribution in [0.15, 0.2) is 12.2 Å². The number of esters is 1. The molecule has 3 heterocycles. The van der Waals surface area contributed by atoms with Crippen molar-refractivity contribution in [3.8, 4) is 0 Å². The van der Waals surface area contributed by atoms with E-state index in [1.807, 2.05) is 0 Å². The standard InChI is InChI=1S/C25H40O6/c1-2-3-4-9-18(29-24-10-5-7-14-27-24)12-13-19-20-16-23(26)30-22(20)17-21(19)31-25-11-6-8-15-28-25/h12-13,18-22,24-25H,2-11,14-17H2,1H3/b13-12+/t18-,19-,20?,21-,22+,24+,25-/m1/s1. The van der Waals surface area contributed by atoms with Gasteiger partial charge in [0.25, 0.3) is 0 Å². The third kappa shape index (κ3) is 6.53. The number of carbonyl (C=O) groups excluding carboxylic acids is 1. The van der Waals surface area contributed by atoms with Gasteiger partial charge in [-0.3, -0.25) is 4.79 Å². The van der Waals surface area contributed by atoms with Crippen molar-refractivity contribution in [1.29, 1.82) is 0 Å². The van der Waals surface area contributed by atoms with Crippen LogP contribution >= 0.6 is 0 Å². The molecule has 1 saturated carbocycles. The lowest BCUT2D eigenvalue weighted by Crippen LogP contribution is -2.31. The van der Waals surface area contributed by atoms with Gasteiger partial charge in [0.1, 0.15) is 6.10 Å². The summed E-state index contributed by atoms with van der Waals surface area (Å²) in [6, 6.07) is 0. The first-order valence-corrected chi connectivity index (χ1v) is 12.6. The topological polar surface area (TPSA) is 63.2 Å². The Morgan fingerprint density at radius 2 is 1.84 bits per heavy atom. The molecule has 3 aliphatic heterocycles. The molecule has 4 rings (SSSR count). The highest BCUT2D eigenvalue weighted by Crippen LogP contribution is 2.44. The molecule has 31 heavy (non-hydrogen) atoms. The largest absolute Gasteiger partial charge is 0.462 e. The van der Waals surface area contributed by atoms with Gasteiger partial charge in [-0.05, 0) is 44.9 Å². The molecule has 0 radical (unpaired) electrons. The zero-order valence-electron chi connectivity index (χ0n) is 19.0. The second kappa shape index (κ2) is 11.8. The second-order valence-corrected chi connectivity index (χ2v) is 9.53. The van der Waals surface area contributed by atoms with E-state index in [1.165, 1.54) is 19.3 Å². The van der Waals surface area contributed by atoms with Crippen molar-refractivity contribution in [2.75, 3.05) is 13.2 Å². The Bertz CT molecular complexity index is 581. The van der Waals surface area contributed by atoms with Gasteiger partial charge in [-0.2, -0.15) is 0 Å². The molecule has 0 amide bonds. The van der Waals surface area contributed by atoms with Gasteiger partial charge in [0.15, 0.2) is 12.6 Å². The Morgan fingerprint density at radius 3 is 2.55 bits per heavy atom. The zero-order valence-corrected chi connectivity index (χ0v) is 19.0. The van der Waals surface area contributed by atoms with Crippen LogP contribution in [0.25, 0.3) is 0 Å². The normalized spacial score (nSPS) is 37.1. The van der Waals surface area contributed by atoms with Crippen molar-refractivity contribution in [1.82, 2.24) is 0 Å². The van der Waals surface area contributed by atoms with E-state index in [1.54, 1.807) is 0 Å². The predicted octanol–water partition coefficient (Wildman–Crippen LogP) is 4.90. The highest BCUT2D eigenvalue weighted by atomic mass is 16.7. The summed E-state index contributed by atoms with van der Waals surface area (Å²) in [7, 11) is 0. The van der Waals surface area contributed by atoms with Crippen molar-refractivity contribution in [2.24, 2.45) is 11.8 Å². The quantitative estimate of drug-likeness (QED) is 0.276. The van der Waals surface area contributed by atoms with Gasteiger partial charge in [-0.1, -0.05) is 38.3 Å². The van der Waals surface area contributed by atoms with E-state index in [-0.39, 0.29) is 48.7 Å². The molecule has 6 heteroatoms. The molecule has 1 unspecified atom stereocenters. The third-order valence-corrected chi connectivity index (χ3v) is 7.12. The SMILES string of the molecule is CCCCC[C@H](/C=C/[C@@H]1C2CC(=O)O[C@H]2C[C@H]1O[C@@H]1CCCCO1)O[C@H]1CCCCO1. The number of unbranched alkanes of at least 4 members (excludes halogenated alkanes) is 2. The molecular formula is C25H40O6. The summed E-state index contributed by atoms with van der Waals surface area (Å²) < 4.78 is 30.0. The Kier molecular flexibility index (Phi) is 8.82. The van der Waals surface area contributed by atoms with Crippen LogP contribution in [-0.2, 0) is 28.5 Å². The molecule has 0 bridgehead atoms. The molecule has 0 spiro atoms. The maximum Gasteiger partial charge on any atom is 0.306 e. The monoisotopic (exact) mass is 436 g/mol. The summed E-state index contributed by atoms with van der Waals surface area (Å²) in [5, 5.41) is 0. The molecule has 0 aromatic carbocycles. The van der Waals surface area contributed by atoms with E-state index >= 15 is 0 Å². The minimum absolute atomic E-state index is 0.0307. The lowest BCUT2D eigenvalue weighted by molar-refractivity contribution is -0.194. The van der Waals surface area contributed by atoms with Gasteiger partial charge in [-0.15, -0.1) is 0 Å². The number of hydrogen-bond donors (Lipinski definition) is 0. The molecule has 176 valence electrons. The fraction of sp³-hybridized carbons (Fsp3) is 0.880. The third-order valence-electron chi connectivity index (χ3n) is 7.12. The van der Waals surface area contributed by atoms with Crippen LogP contribution in [0.3, 0.4) is 0 Å². The van der Waals surface area contributed by atoms with E-state index in [0.29, 0.717) is 6.42 Å². The Labute approximate surface area is 187 Å². The number of carbonyl (C=O) groups is 1. The van der Waals surface area contributed by atoms with Crippen LogP contribution in [0.1, 0.15) is 84.0 Å². The maximum absolute atomic E-state index is 11.9. The molecule has 4 fully saturated rings. The van der Waals surface area contributed by atoms with Gasteiger partial charge in [0, 0.05) is 31.5 Å². The van der Waals surface area contributed by atoms with E-state index in [9.17, 15) is 4.79 Å². The van der Waals surface area contributed by atoms with Crippen molar-refractivity contribution < 1.29 is 28.5 Å². The van der Waals surface area contributed by atoms with Crippen molar-refractivity contribution in [3.05, 3.63) is 12.2 Å². The van der Waals surface area contributed by atoms with Crippen molar-refractivity contribution in [3.63, 3.8) is 0 Å². The highest BCUT2D eigenvalue weighted by molar-refractivity contribution is 5.72. The second-order valence-electron chi connectivity index (χ2n) is 9.53. The molecular weight excluding hydrogens is 396 g/mol. The van der Waals surface area contributed by atoms with Crippen LogP contribution in [0, 0.1) is 11.8 Å². The summed E-state index contributed by atoms with van der Waals surface area (Å²) in [4.78, 5) is 11.9. The first kappa shape index (κ1) is 23.2. The Morgan fingerprint density at radius 1 is 1.06 bits per heavy atom. The number of fused-ring (bicyclic) bond motifs is 1. The van der Waals surface area contributed by atoms with Crippen molar-refractivity contribution >= 4 is 5.97 Å². The Balaban J connectivity index is 1.41. The number of rotatable bonds is 10. The fourth-order valence-electron chi connectivity index (χ4n) is 5.39. The van der Waals surface area contributed by atoms with Gasteiger partial charge in [0.05, 0.1) is 18.6 Å². The van der Waals surface area contributed by atoms with Crippen LogP contribution in [0.4, 0.5) is 0 Å². The van der Waals surface area contributed by atoms with Gasteiger partial charge in [0.2, 0.25) is 0 Å². The maximum atomic E-state index is 11.9. The first-order valence-electron chi connectivity index (χ1n) is 12.6. The lowest BCUT2D eigenvalue weighted by Gasteiger charge is -2.29. The molecule has 7 atom stereocenters. The van der Waals surface area contributed by atoms with Gasteiger partial charge in [-0.25, -0.2) is 0 Å². The number of ether oxygens (including phenoxy) is 5. The molecule has 1 aliphatic carbocycles. The van der Waals surface area contributed by atoms with E-state index in [4.69, 9.17) is 23.7 Å². The molecule has 0 aromatic rings. The highest BCUT2D eigenvalue weighted by Gasteiger charge is 2.50. The average Bonchev–Trinajstić information content (AvgIpc) is 3.29. The molecule has 3 saturated heterocycles. The van der Waals surface area contributed by atoms with E-state index in [0.717, 1.165) is 64.6 Å². The zero-order chi connectivity index (χ0) is 21.5. The summed E-state index contributed by atoms with van der Waals surface area (Å²) in [5.41, 5.74) is 0. The lowest BCUT2D eigenvalue weighted by atomic mass is 9.91. The van der Waals surface area contributed by atoms with Crippen LogP contribution in [0.2, 0.25) is 0 Å². The van der Waals surface area contributed by atoms with E-state index < -0.39 is 0 Å². The molecule has 6 nitrogen and oxygen atoms in total. The van der Waals surface area contributed by atoms with Crippen LogP contribution in [-0.4, -0.2) is 50.1 Å². The van der Waals surface area contributed by atoms with Gasteiger partial charge >= 0.3 is 5.97 Å². The summed E-state index contributed by atoms with van der Waals surface area (Å²) >= 11 is 0. The van der Waals surface area contributed by atoms with Crippen molar-refractivity contribution in [2.45, 2.75) is 115 Å². The summed E-state index contributed by atoms with van der Waals surface area (Å²) in [6.45, 7) is 3.79. The smallest absolute Gasteiger partial charge is 0.306 e. The van der Waals surface area contributed by atoms with Gasteiger partial charge < -0.3 is 23.7 Å². The first-order chi connectivity index (χ1) is 15.2. The molecule has 0 aromatic heterocycles. The minimum Gasteiger partial charge on any atom is -0.462 e. The molecule has 0 N–H and O–H groups in total. The fourth-order valence-corrected chi connectivity index (χ4v) is 5.39. The van der Waals surface area contributed by atoms with Crippen LogP contribution in [0.5, 0.6) is 0 Å². The molecule has 4 aliphatic rings. The van der Waals surface area contributed by atoms with E-state index in [2.05, 4.69) is 19.1 Å². The van der Waals surface area contributed by atoms with Crippen LogP contribution < -0.4 is 0 Å². The minimum atomic E-state index is -0.128. The summed E-state index contributed by atoms with van der Waals surface area (Å²) in [5.74, 6) is 0.276. The predicted molar refractivity (Wildman–Crippen MR) is 116 cm³/mol.